The zero-order valence-electron chi connectivity index (χ0n) is 17.5. The van der Waals surface area contributed by atoms with E-state index in [-0.39, 0.29) is 16.9 Å². The minimum Gasteiger partial charge on any atom is -0.406 e. The maximum absolute atomic E-state index is 12.8. The summed E-state index contributed by atoms with van der Waals surface area (Å²) in [6, 6.07) is 7.52. The monoisotopic (exact) mass is 439 g/mol. The van der Waals surface area contributed by atoms with Gasteiger partial charge in [-0.25, -0.2) is 0 Å². The minimum atomic E-state index is -4.81. The predicted molar refractivity (Wildman–Crippen MR) is 112 cm³/mol. The van der Waals surface area contributed by atoms with Gasteiger partial charge in [0.1, 0.15) is 5.75 Å². The van der Waals surface area contributed by atoms with Crippen LogP contribution in [0.25, 0.3) is 0 Å². The number of anilines is 2. The van der Waals surface area contributed by atoms with Crippen LogP contribution in [0, 0.1) is 17.0 Å². The Morgan fingerprint density at radius 2 is 1.71 bits per heavy atom. The minimum absolute atomic E-state index is 0.139. The van der Waals surface area contributed by atoms with E-state index >= 15 is 0 Å². The average Bonchev–Trinajstić information content (AvgIpc) is 3.24. The summed E-state index contributed by atoms with van der Waals surface area (Å²) in [6.45, 7) is 7.08. The molecule has 0 aliphatic carbocycles. The van der Waals surface area contributed by atoms with Crippen LogP contribution in [-0.4, -0.2) is 30.3 Å². The van der Waals surface area contributed by atoms with Crippen LogP contribution in [0.5, 0.6) is 5.75 Å². The van der Waals surface area contributed by atoms with E-state index < -0.39 is 22.9 Å². The van der Waals surface area contributed by atoms with E-state index in [0.717, 1.165) is 38.1 Å². The molecule has 0 radical (unpaired) electrons. The Bertz CT molecular complexity index is 925. The van der Waals surface area contributed by atoms with Crippen LogP contribution in [0.1, 0.15) is 42.6 Å². The number of hydrogen-bond acceptors (Lipinski definition) is 5. The first-order chi connectivity index (χ1) is 14.6. The number of carbonyl (C=O) groups excluding carboxylic acids is 1. The molecule has 168 valence electrons. The number of rotatable bonds is 5. The number of alkyl halides is 3. The van der Waals surface area contributed by atoms with Crippen LogP contribution in [0.15, 0.2) is 36.4 Å². The van der Waals surface area contributed by atoms with Crippen molar-refractivity contribution in [2.75, 3.05) is 23.3 Å². The maximum Gasteiger partial charge on any atom is 0.573 e. The number of nitrogens with one attached hydrogen (secondary N) is 1. The van der Waals surface area contributed by atoms with E-state index in [1.807, 2.05) is 18.7 Å². The number of nitro groups is 1. The molecule has 1 heterocycles. The predicted octanol–water partition coefficient (Wildman–Crippen LogP) is 5.68. The number of hydrogen-bond donors (Lipinski definition) is 1. The van der Waals surface area contributed by atoms with Crippen LogP contribution in [-0.2, 0) is 0 Å². The van der Waals surface area contributed by atoms with Gasteiger partial charge in [0.25, 0.3) is 11.6 Å². The molecule has 1 amide bonds. The number of amides is 1. The standard InChI is InChI=1S/C19H18F3N3O4.C2H6/c1-12-10-17(24-8-2-3-9-24)15(11-16(12)25(27)28)18(26)23-13-4-6-14(7-5-13)29-19(20,21)22;1-2/h4-7,10-11H,2-3,8-9H2,1H3,(H,23,26);1-2H3. The Morgan fingerprint density at radius 3 is 2.23 bits per heavy atom. The fourth-order valence-electron chi connectivity index (χ4n) is 3.22. The third-order valence-corrected chi connectivity index (χ3v) is 4.55. The van der Waals surface area contributed by atoms with Gasteiger partial charge in [-0.3, -0.25) is 14.9 Å². The van der Waals surface area contributed by atoms with Crippen LogP contribution in [0.2, 0.25) is 0 Å². The van der Waals surface area contributed by atoms with Gasteiger partial charge in [-0.2, -0.15) is 0 Å². The summed E-state index contributed by atoms with van der Waals surface area (Å²) in [5.41, 5.74) is 1.24. The van der Waals surface area contributed by atoms with E-state index in [2.05, 4.69) is 10.1 Å². The fraction of sp³-hybridized carbons (Fsp3) is 0.381. The van der Waals surface area contributed by atoms with Gasteiger partial charge in [-0.1, -0.05) is 13.8 Å². The van der Waals surface area contributed by atoms with Crippen molar-refractivity contribution in [3.05, 3.63) is 57.6 Å². The first-order valence-corrected chi connectivity index (χ1v) is 9.85. The largest absolute Gasteiger partial charge is 0.573 e. The highest BCUT2D eigenvalue weighted by Gasteiger charge is 2.31. The van der Waals surface area contributed by atoms with Gasteiger partial charge in [0, 0.05) is 30.4 Å². The number of benzene rings is 2. The number of ether oxygens (including phenoxy) is 1. The van der Waals surface area contributed by atoms with Crippen LogP contribution in [0.3, 0.4) is 0 Å². The molecule has 0 spiro atoms. The van der Waals surface area contributed by atoms with Gasteiger partial charge >= 0.3 is 6.36 Å². The van der Waals surface area contributed by atoms with Gasteiger partial charge in [0.05, 0.1) is 16.2 Å². The van der Waals surface area contributed by atoms with Gasteiger partial charge in [-0.05, 0) is 50.1 Å². The summed E-state index contributed by atoms with van der Waals surface area (Å²) < 4.78 is 40.5. The van der Waals surface area contributed by atoms with Crippen molar-refractivity contribution in [2.24, 2.45) is 0 Å². The molecule has 31 heavy (non-hydrogen) atoms. The molecule has 3 rings (SSSR count). The number of carbonyl (C=O) groups is 1. The molecule has 0 aromatic heterocycles. The van der Waals surface area contributed by atoms with Crippen molar-refractivity contribution < 1.29 is 27.6 Å². The lowest BCUT2D eigenvalue weighted by Crippen LogP contribution is -2.23. The molecule has 1 N–H and O–H groups in total. The second-order valence-corrected chi connectivity index (χ2v) is 6.63. The highest BCUT2D eigenvalue weighted by atomic mass is 19.4. The zero-order chi connectivity index (χ0) is 23.2. The summed E-state index contributed by atoms with van der Waals surface area (Å²) in [6.07, 6.45) is -2.90. The first kappa shape index (κ1) is 24.0. The molecule has 2 aromatic carbocycles. The van der Waals surface area contributed by atoms with Crippen LogP contribution < -0.4 is 15.0 Å². The number of nitrogens with zero attached hydrogens (tertiary/aromatic N) is 2. The topological polar surface area (TPSA) is 84.7 Å². The van der Waals surface area contributed by atoms with Crippen molar-refractivity contribution in [2.45, 2.75) is 40.0 Å². The second kappa shape index (κ2) is 10.1. The Morgan fingerprint density at radius 1 is 1.13 bits per heavy atom. The highest BCUT2D eigenvalue weighted by Crippen LogP contribution is 2.32. The molecule has 1 aliphatic rings. The molecule has 2 aromatic rings. The molecule has 1 fully saturated rings. The van der Waals surface area contributed by atoms with Gasteiger partial charge in [0.2, 0.25) is 0 Å². The summed E-state index contributed by atoms with van der Waals surface area (Å²) in [5, 5.41) is 13.9. The van der Waals surface area contributed by atoms with Crippen molar-refractivity contribution >= 4 is 23.0 Å². The lowest BCUT2D eigenvalue weighted by molar-refractivity contribution is -0.385. The third kappa shape index (κ3) is 6.34. The SMILES string of the molecule is CC.Cc1cc(N2CCCC2)c(C(=O)Nc2ccc(OC(F)(F)F)cc2)cc1[N+](=O)[O-]. The van der Waals surface area contributed by atoms with Crippen molar-refractivity contribution in [3.8, 4) is 5.75 Å². The Hall–Kier alpha value is -3.30. The van der Waals surface area contributed by atoms with Crippen LogP contribution >= 0.6 is 0 Å². The highest BCUT2D eigenvalue weighted by molar-refractivity contribution is 6.08. The lowest BCUT2D eigenvalue weighted by Gasteiger charge is -2.21. The quantitative estimate of drug-likeness (QED) is 0.479. The van der Waals surface area contributed by atoms with Crippen molar-refractivity contribution in [1.29, 1.82) is 0 Å². The molecule has 7 nitrogen and oxygen atoms in total. The summed E-state index contributed by atoms with van der Waals surface area (Å²) in [7, 11) is 0. The molecule has 0 unspecified atom stereocenters. The van der Waals surface area contributed by atoms with E-state index in [1.54, 1.807) is 13.0 Å². The summed E-state index contributed by atoms with van der Waals surface area (Å²) in [4.78, 5) is 25.6. The van der Waals surface area contributed by atoms with Crippen LogP contribution in [0.4, 0.5) is 30.2 Å². The van der Waals surface area contributed by atoms with Gasteiger partial charge in [-0.15, -0.1) is 13.2 Å². The Balaban J connectivity index is 0.00000166. The van der Waals surface area contributed by atoms with E-state index in [4.69, 9.17) is 0 Å². The molecule has 0 saturated carbocycles. The average molecular weight is 439 g/mol. The molecular formula is C21H24F3N3O4. The summed E-state index contributed by atoms with van der Waals surface area (Å²) >= 11 is 0. The number of aryl methyl sites for hydroxylation is 1. The number of nitro benzene ring substituents is 1. The summed E-state index contributed by atoms with van der Waals surface area (Å²) in [5.74, 6) is -1.00. The zero-order valence-corrected chi connectivity index (χ0v) is 17.5. The van der Waals surface area contributed by atoms with Crippen molar-refractivity contribution in [1.82, 2.24) is 0 Å². The maximum atomic E-state index is 12.8. The molecular weight excluding hydrogens is 415 g/mol. The second-order valence-electron chi connectivity index (χ2n) is 6.63. The Kier molecular flexibility index (Phi) is 7.84. The first-order valence-electron chi connectivity index (χ1n) is 9.85. The fourth-order valence-corrected chi connectivity index (χ4v) is 3.22. The lowest BCUT2D eigenvalue weighted by atomic mass is 10.1. The van der Waals surface area contributed by atoms with E-state index in [1.165, 1.54) is 18.2 Å². The smallest absolute Gasteiger partial charge is 0.406 e. The molecule has 10 heteroatoms. The van der Waals surface area contributed by atoms with Crippen molar-refractivity contribution in [3.63, 3.8) is 0 Å². The van der Waals surface area contributed by atoms with E-state index in [9.17, 15) is 28.1 Å². The normalized spacial score (nSPS) is 13.3. The molecule has 1 saturated heterocycles. The van der Waals surface area contributed by atoms with Gasteiger partial charge in [0.15, 0.2) is 0 Å². The number of halogens is 3. The molecule has 0 atom stereocenters. The van der Waals surface area contributed by atoms with E-state index in [0.29, 0.717) is 11.3 Å². The third-order valence-electron chi connectivity index (χ3n) is 4.55. The Labute approximate surface area is 178 Å². The van der Waals surface area contributed by atoms with Gasteiger partial charge < -0.3 is 15.0 Å². The molecule has 1 aliphatic heterocycles. The molecule has 0 bridgehead atoms.